The number of amides is 1. The van der Waals surface area contributed by atoms with Gasteiger partial charge in [-0.15, -0.1) is 11.3 Å². The Morgan fingerprint density at radius 2 is 2.06 bits per heavy atom. The number of hydrogen-bond acceptors (Lipinski definition) is 7. The number of aromatic nitrogens is 4. The molecule has 0 N–H and O–H groups in total. The van der Waals surface area contributed by atoms with Crippen molar-refractivity contribution in [2.75, 3.05) is 33.4 Å². The van der Waals surface area contributed by atoms with Crippen molar-refractivity contribution in [3.63, 3.8) is 0 Å². The molecule has 1 atom stereocenters. The fraction of sp³-hybridized carbons (Fsp3) is 0.280. The number of ether oxygens (including phenoxy) is 2. The van der Waals surface area contributed by atoms with Crippen LogP contribution in [0.2, 0.25) is 0 Å². The highest BCUT2D eigenvalue weighted by Gasteiger charge is 2.27. The lowest BCUT2D eigenvalue weighted by molar-refractivity contribution is -0.0933. The number of carbonyl (C=O) groups is 1. The summed E-state index contributed by atoms with van der Waals surface area (Å²) >= 11 is 1.50. The van der Waals surface area contributed by atoms with Gasteiger partial charge in [-0.25, -0.2) is 14.4 Å². The zero-order valence-corrected chi connectivity index (χ0v) is 20.2. The Morgan fingerprint density at radius 1 is 1.23 bits per heavy atom. The molecule has 1 saturated heterocycles. The van der Waals surface area contributed by atoms with Gasteiger partial charge in [-0.3, -0.25) is 4.79 Å². The Bertz CT molecular complexity index is 1320. The summed E-state index contributed by atoms with van der Waals surface area (Å²) in [7, 11) is 1.74. The smallest absolute Gasteiger partial charge is 0.257 e. The second kappa shape index (κ2) is 10.0. The van der Waals surface area contributed by atoms with Crippen LogP contribution in [0.1, 0.15) is 15.9 Å². The number of likely N-dealkylation sites (N-methyl/N-ethyl adjacent to an activating group) is 1. The minimum absolute atomic E-state index is 0.170. The minimum Gasteiger partial charge on any atom is -0.376 e. The number of benzene rings is 1. The lowest BCUT2D eigenvalue weighted by Crippen LogP contribution is -2.40. The molecule has 5 rings (SSSR count). The van der Waals surface area contributed by atoms with E-state index in [2.05, 4.69) is 10.1 Å². The Morgan fingerprint density at radius 3 is 2.77 bits per heavy atom. The summed E-state index contributed by atoms with van der Waals surface area (Å²) in [6, 6.07) is 10.0. The van der Waals surface area contributed by atoms with Crippen molar-refractivity contribution in [1.29, 1.82) is 0 Å². The third-order valence-corrected chi connectivity index (χ3v) is 6.61. The molecule has 35 heavy (non-hydrogen) atoms. The summed E-state index contributed by atoms with van der Waals surface area (Å²) in [5.41, 5.74) is 3.34. The van der Waals surface area contributed by atoms with E-state index >= 15 is 0 Å². The SMILES string of the molecule is Cc1cnc(-n2ncc(C(=O)N(C)CC3COCCO3)c2-c2cccs2)nc1-c1ccc(F)cc1. The lowest BCUT2D eigenvalue weighted by Gasteiger charge is -2.27. The molecule has 8 nitrogen and oxygen atoms in total. The van der Waals surface area contributed by atoms with Crippen LogP contribution in [0.3, 0.4) is 0 Å². The van der Waals surface area contributed by atoms with Gasteiger partial charge in [-0.2, -0.15) is 9.78 Å². The van der Waals surface area contributed by atoms with Gasteiger partial charge in [0.15, 0.2) is 0 Å². The third kappa shape index (κ3) is 4.86. The Hall–Kier alpha value is -3.47. The molecule has 1 aliphatic rings. The normalized spacial score (nSPS) is 15.8. The van der Waals surface area contributed by atoms with E-state index < -0.39 is 0 Å². The predicted molar refractivity (Wildman–Crippen MR) is 130 cm³/mol. The van der Waals surface area contributed by atoms with Crippen LogP contribution in [0.4, 0.5) is 4.39 Å². The maximum Gasteiger partial charge on any atom is 0.257 e. The summed E-state index contributed by atoms with van der Waals surface area (Å²) < 4.78 is 26.2. The predicted octanol–water partition coefficient (Wildman–Crippen LogP) is 3.99. The van der Waals surface area contributed by atoms with Crippen LogP contribution < -0.4 is 0 Å². The van der Waals surface area contributed by atoms with Crippen LogP contribution in [0, 0.1) is 12.7 Å². The largest absolute Gasteiger partial charge is 0.376 e. The molecule has 1 amide bonds. The molecule has 0 aliphatic carbocycles. The first kappa shape index (κ1) is 23.3. The lowest BCUT2D eigenvalue weighted by atomic mass is 10.1. The number of nitrogens with zero attached hydrogens (tertiary/aromatic N) is 5. The van der Waals surface area contributed by atoms with Gasteiger partial charge in [0.1, 0.15) is 11.5 Å². The molecule has 1 fully saturated rings. The molecule has 180 valence electrons. The van der Waals surface area contributed by atoms with Crippen molar-refractivity contribution >= 4 is 17.2 Å². The van der Waals surface area contributed by atoms with Crippen molar-refractivity contribution in [2.45, 2.75) is 13.0 Å². The second-order valence-electron chi connectivity index (χ2n) is 8.26. The van der Waals surface area contributed by atoms with Crippen molar-refractivity contribution < 1.29 is 18.7 Å². The molecule has 0 radical (unpaired) electrons. The number of carbonyl (C=O) groups excluding carboxylic acids is 1. The summed E-state index contributed by atoms with van der Waals surface area (Å²) in [4.78, 5) is 25.2. The number of thiophene rings is 1. The first-order valence-corrected chi connectivity index (χ1v) is 12.1. The van der Waals surface area contributed by atoms with E-state index in [-0.39, 0.29) is 17.8 Å². The summed E-state index contributed by atoms with van der Waals surface area (Å²) in [6.07, 6.45) is 3.08. The van der Waals surface area contributed by atoms with Gasteiger partial charge in [0.25, 0.3) is 11.9 Å². The van der Waals surface area contributed by atoms with Crippen LogP contribution in [-0.2, 0) is 9.47 Å². The van der Waals surface area contributed by atoms with Crippen molar-refractivity contribution in [1.82, 2.24) is 24.6 Å². The van der Waals surface area contributed by atoms with Crippen molar-refractivity contribution in [3.05, 3.63) is 71.1 Å². The molecule has 0 spiro atoms. The highest BCUT2D eigenvalue weighted by Crippen LogP contribution is 2.31. The molecular weight excluding hydrogens is 469 g/mol. The van der Waals surface area contributed by atoms with Crippen LogP contribution >= 0.6 is 11.3 Å². The van der Waals surface area contributed by atoms with E-state index in [1.54, 1.807) is 41.2 Å². The topological polar surface area (TPSA) is 82.4 Å². The van der Waals surface area contributed by atoms with Crippen LogP contribution in [0.15, 0.2) is 54.2 Å². The Balaban J connectivity index is 1.53. The highest BCUT2D eigenvalue weighted by atomic mass is 32.1. The quantitative estimate of drug-likeness (QED) is 0.404. The van der Waals surface area contributed by atoms with Crippen molar-refractivity contribution in [2.24, 2.45) is 0 Å². The van der Waals surface area contributed by atoms with Gasteiger partial charge >= 0.3 is 0 Å². The summed E-state index contributed by atoms with van der Waals surface area (Å²) in [5, 5.41) is 6.45. The molecule has 0 saturated carbocycles. The summed E-state index contributed by atoms with van der Waals surface area (Å²) in [5.74, 6) is -0.172. The van der Waals surface area contributed by atoms with Gasteiger partial charge in [0, 0.05) is 25.4 Å². The molecule has 0 bridgehead atoms. The molecule has 1 unspecified atom stereocenters. The van der Waals surface area contributed by atoms with Crippen LogP contribution in [0.25, 0.3) is 27.8 Å². The van der Waals surface area contributed by atoms with Gasteiger partial charge in [0.2, 0.25) is 0 Å². The van der Waals surface area contributed by atoms with Gasteiger partial charge < -0.3 is 14.4 Å². The average Bonchev–Trinajstić information content (AvgIpc) is 3.55. The van der Waals surface area contributed by atoms with Crippen LogP contribution in [0.5, 0.6) is 0 Å². The van der Waals surface area contributed by atoms with Crippen LogP contribution in [-0.4, -0.2) is 70.1 Å². The van der Waals surface area contributed by atoms with E-state index in [1.165, 1.54) is 23.5 Å². The first-order chi connectivity index (χ1) is 17.0. The van der Waals surface area contributed by atoms with E-state index in [0.29, 0.717) is 49.3 Å². The fourth-order valence-electron chi connectivity index (χ4n) is 3.98. The first-order valence-electron chi connectivity index (χ1n) is 11.2. The maximum atomic E-state index is 13.5. The number of aryl methyl sites for hydroxylation is 1. The number of hydrogen-bond donors (Lipinski definition) is 0. The van der Waals surface area contributed by atoms with E-state index in [9.17, 15) is 9.18 Å². The zero-order chi connectivity index (χ0) is 24.4. The third-order valence-electron chi connectivity index (χ3n) is 5.73. The maximum absolute atomic E-state index is 13.5. The molecule has 1 aromatic carbocycles. The molecule has 3 aromatic heterocycles. The van der Waals surface area contributed by atoms with E-state index in [1.807, 2.05) is 24.4 Å². The van der Waals surface area contributed by atoms with E-state index in [4.69, 9.17) is 14.5 Å². The average molecular weight is 494 g/mol. The standard InChI is InChI=1S/C25H24FN5O3S/c1-16-12-27-25(29-22(16)17-5-7-18(26)8-6-17)31-23(21-4-3-11-35-21)20(13-28-31)24(32)30(2)14-19-15-33-9-10-34-19/h3-8,11-13,19H,9-10,14-15H2,1-2H3. The Kier molecular flexibility index (Phi) is 6.67. The number of halogens is 1. The highest BCUT2D eigenvalue weighted by molar-refractivity contribution is 7.13. The molecule has 4 aromatic rings. The summed E-state index contributed by atoms with van der Waals surface area (Å²) in [6.45, 7) is 3.85. The second-order valence-corrected chi connectivity index (χ2v) is 9.21. The monoisotopic (exact) mass is 493 g/mol. The Labute approximate surface area is 206 Å². The van der Waals surface area contributed by atoms with Gasteiger partial charge in [-0.05, 0) is 48.2 Å². The van der Waals surface area contributed by atoms with Gasteiger partial charge in [-0.1, -0.05) is 6.07 Å². The zero-order valence-electron chi connectivity index (χ0n) is 19.3. The minimum atomic E-state index is -0.315. The van der Waals surface area contributed by atoms with Crippen molar-refractivity contribution in [3.8, 4) is 27.8 Å². The molecule has 1 aliphatic heterocycles. The van der Waals surface area contributed by atoms with E-state index in [0.717, 1.165) is 16.0 Å². The fourth-order valence-corrected chi connectivity index (χ4v) is 4.75. The molecule has 10 heteroatoms. The number of rotatable bonds is 6. The molecular formula is C25H24FN5O3S. The van der Waals surface area contributed by atoms with Gasteiger partial charge in [0.05, 0.1) is 48.3 Å². The molecule has 4 heterocycles.